The molecule has 2 atom stereocenters. The van der Waals surface area contributed by atoms with Crippen LogP contribution in [0.25, 0.3) is 0 Å². The Bertz CT molecular complexity index is 967. The minimum atomic E-state index is -3.97. The van der Waals surface area contributed by atoms with Gasteiger partial charge in [0.2, 0.25) is 16.4 Å². The van der Waals surface area contributed by atoms with Gasteiger partial charge in [-0.3, -0.25) is 9.69 Å². The van der Waals surface area contributed by atoms with E-state index < -0.39 is 43.8 Å². The van der Waals surface area contributed by atoms with Crippen molar-refractivity contribution in [2.24, 2.45) is 0 Å². The summed E-state index contributed by atoms with van der Waals surface area (Å²) in [5, 5.41) is 2.48. The van der Waals surface area contributed by atoms with Gasteiger partial charge in [-0.05, 0) is 45.0 Å². The van der Waals surface area contributed by atoms with Gasteiger partial charge in [0, 0.05) is 25.3 Å². The predicted molar refractivity (Wildman–Crippen MR) is 104 cm³/mol. The van der Waals surface area contributed by atoms with Gasteiger partial charge in [0.25, 0.3) is 0 Å². The Hall–Kier alpha value is -2.18. The van der Waals surface area contributed by atoms with Gasteiger partial charge in [-0.15, -0.1) is 0 Å². The number of nitrogens with zero attached hydrogens (tertiary/aromatic N) is 1. The van der Waals surface area contributed by atoms with Crippen LogP contribution in [0.4, 0.5) is 4.79 Å². The van der Waals surface area contributed by atoms with Crippen LogP contribution in [-0.4, -0.2) is 64.8 Å². The number of benzene rings is 1. The van der Waals surface area contributed by atoms with E-state index in [1.807, 2.05) is 0 Å². The highest BCUT2D eigenvalue weighted by molar-refractivity contribution is 7.90. The van der Waals surface area contributed by atoms with E-state index in [0.29, 0.717) is 6.41 Å². The van der Waals surface area contributed by atoms with E-state index in [9.17, 15) is 26.4 Å². The number of hydrogen-bond acceptors (Lipinski definition) is 7. The molecule has 0 bridgehead atoms. The van der Waals surface area contributed by atoms with Crippen LogP contribution in [-0.2, 0) is 29.4 Å². The van der Waals surface area contributed by atoms with Gasteiger partial charge < -0.3 is 10.1 Å². The Balaban J connectivity index is 2.16. The number of carbonyl (C=O) groups is 2. The maximum atomic E-state index is 12.6. The van der Waals surface area contributed by atoms with Crippen molar-refractivity contribution in [3.8, 4) is 0 Å². The number of carbonyl (C=O) groups excluding carboxylic acids is 2. The molecule has 1 saturated heterocycles. The van der Waals surface area contributed by atoms with Crippen LogP contribution in [0.3, 0.4) is 0 Å². The molecule has 1 aromatic rings. The highest BCUT2D eigenvalue weighted by Gasteiger charge is 2.39. The first-order chi connectivity index (χ1) is 13.2. The molecule has 1 fully saturated rings. The van der Waals surface area contributed by atoms with E-state index in [0.717, 1.165) is 6.26 Å². The van der Waals surface area contributed by atoms with Crippen LogP contribution >= 0.6 is 0 Å². The van der Waals surface area contributed by atoms with Crippen molar-refractivity contribution in [2.45, 2.75) is 54.8 Å². The van der Waals surface area contributed by atoms with E-state index in [2.05, 4.69) is 10.0 Å². The Morgan fingerprint density at radius 2 is 1.69 bits per heavy atom. The quantitative estimate of drug-likeness (QED) is 0.604. The van der Waals surface area contributed by atoms with Crippen LogP contribution in [0, 0.1) is 0 Å². The van der Waals surface area contributed by atoms with E-state index in [1.165, 1.54) is 29.2 Å². The number of amides is 2. The molecule has 0 spiro atoms. The average molecular weight is 448 g/mol. The predicted octanol–water partition coefficient (Wildman–Crippen LogP) is 0.450. The lowest BCUT2D eigenvalue weighted by Crippen LogP contribution is -2.46. The summed E-state index contributed by atoms with van der Waals surface area (Å²) in [6.45, 7) is 5.09. The van der Waals surface area contributed by atoms with Gasteiger partial charge in [0.05, 0.1) is 9.79 Å². The first-order valence-corrected chi connectivity index (χ1v) is 12.1. The van der Waals surface area contributed by atoms with Crippen molar-refractivity contribution in [3.63, 3.8) is 0 Å². The topological polar surface area (TPSA) is 139 Å². The molecule has 10 nitrogen and oxygen atoms in total. The molecule has 2 amide bonds. The molecular weight excluding hydrogens is 422 g/mol. The summed E-state index contributed by atoms with van der Waals surface area (Å²) >= 11 is 0. The molecule has 0 aromatic heterocycles. The average Bonchev–Trinajstić information content (AvgIpc) is 2.95. The standard InChI is InChI=1S/C17H25N3O7S2/c1-17(2,3)27-16(22)20-10-12(9-15(20)18-11-21)19-29(25,26)14-7-5-13(6-8-14)28(4,23)24/h5-8,11-12,15,19H,9-10H2,1-4H3,(H,18,21)/t12-,15+/m1/s1. The van der Waals surface area contributed by atoms with E-state index in [4.69, 9.17) is 4.74 Å². The third-order valence-corrected chi connectivity index (χ3v) is 6.74. The summed E-state index contributed by atoms with van der Waals surface area (Å²) in [5.41, 5.74) is -0.748. The number of sulfone groups is 1. The molecule has 12 heteroatoms. The fraction of sp³-hybridized carbons (Fsp3) is 0.529. The Kier molecular flexibility index (Phi) is 6.60. The highest BCUT2D eigenvalue weighted by atomic mass is 32.2. The first kappa shape index (κ1) is 23.1. The fourth-order valence-corrected chi connectivity index (χ4v) is 4.70. The maximum Gasteiger partial charge on any atom is 0.411 e. The lowest BCUT2D eigenvalue weighted by Gasteiger charge is -2.28. The van der Waals surface area contributed by atoms with E-state index in [-0.39, 0.29) is 22.8 Å². The highest BCUT2D eigenvalue weighted by Crippen LogP contribution is 2.22. The number of rotatable bonds is 6. The van der Waals surface area contributed by atoms with Crippen molar-refractivity contribution < 1.29 is 31.2 Å². The summed E-state index contributed by atoms with van der Waals surface area (Å²) in [7, 11) is -7.42. The van der Waals surface area contributed by atoms with Crippen molar-refractivity contribution >= 4 is 32.4 Å². The molecule has 1 aliphatic heterocycles. The van der Waals surface area contributed by atoms with Crippen LogP contribution < -0.4 is 10.0 Å². The second-order valence-electron chi connectivity index (χ2n) is 7.73. The van der Waals surface area contributed by atoms with Gasteiger partial charge in [0.1, 0.15) is 11.8 Å². The van der Waals surface area contributed by atoms with Gasteiger partial charge in [-0.25, -0.2) is 26.4 Å². The van der Waals surface area contributed by atoms with Crippen LogP contribution in [0.15, 0.2) is 34.1 Å². The molecule has 0 aliphatic carbocycles. The number of ether oxygens (including phenoxy) is 1. The zero-order chi connectivity index (χ0) is 22.0. The number of likely N-dealkylation sites (tertiary alicyclic amines) is 1. The molecule has 1 aliphatic rings. The summed E-state index contributed by atoms with van der Waals surface area (Å²) < 4.78 is 56.1. The van der Waals surface area contributed by atoms with E-state index in [1.54, 1.807) is 20.8 Å². The summed E-state index contributed by atoms with van der Waals surface area (Å²) in [6.07, 6.45) is 0.221. The number of hydrogen-bond donors (Lipinski definition) is 2. The molecule has 0 unspecified atom stereocenters. The van der Waals surface area contributed by atoms with Crippen molar-refractivity contribution in [2.75, 3.05) is 12.8 Å². The molecule has 0 radical (unpaired) electrons. The van der Waals surface area contributed by atoms with Crippen molar-refractivity contribution in [1.82, 2.24) is 14.9 Å². The minimum absolute atomic E-state index is 0.00106. The van der Waals surface area contributed by atoms with Crippen LogP contribution in [0.2, 0.25) is 0 Å². The first-order valence-electron chi connectivity index (χ1n) is 8.75. The Morgan fingerprint density at radius 3 is 2.17 bits per heavy atom. The SMILES string of the molecule is CC(C)(C)OC(=O)N1C[C@H](NS(=O)(=O)c2ccc(S(C)(=O)=O)cc2)C[C@H]1NC=O. The molecule has 1 aromatic carbocycles. The lowest BCUT2D eigenvalue weighted by atomic mass is 10.2. The summed E-state index contributed by atoms with van der Waals surface area (Å²) in [5.74, 6) is 0. The van der Waals surface area contributed by atoms with Crippen molar-refractivity contribution in [1.29, 1.82) is 0 Å². The number of nitrogens with one attached hydrogen (secondary N) is 2. The number of sulfonamides is 1. The largest absolute Gasteiger partial charge is 0.444 e. The Labute approximate surface area is 170 Å². The molecule has 0 saturated carbocycles. The van der Waals surface area contributed by atoms with Crippen molar-refractivity contribution in [3.05, 3.63) is 24.3 Å². The molecule has 1 heterocycles. The lowest BCUT2D eigenvalue weighted by molar-refractivity contribution is -0.110. The summed E-state index contributed by atoms with van der Waals surface area (Å²) in [6, 6.07) is 4.14. The van der Waals surface area contributed by atoms with Gasteiger partial charge in [-0.2, -0.15) is 0 Å². The van der Waals surface area contributed by atoms with E-state index >= 15 is 0 Å². The molecule has 2 N–H and O–H groups in total. The van der Waals surface area contributed by atoms with Crippen LogP contribution in [0.5, 0.6) is 0 Å². The van der Waals surface area contributed by atoms with Gasteiger partial charge in [0.15, 0.2) is 9.84 Å². The molecule has 2 rings (SSSR count). The normalized spacial score (nSPS) is 20.3. The minimum Gasteiger partial charge on any atom is -0.444 e. The molecule has 162 valence electrons. The second-order valence-corrected chi connectivity index (χ2v) is 11.5. The Morgan fingerprint density at radius 1 is 1.14 bits per heavy atom. The molecular formula is C17H25N3O7S2. The third kappa shape index (κ3) is 6.15. The third-order valence-electron chi connectivity index (χ3n) is 4.07. The van der Waals surface area contributed by atoms with Gasteiger partial charge >= 0.3 is 6.09 Å². The smallest absolute Gasteiger partial charge is 0.411 e. The zero-order valence-electron chi connectivity index (χ0n) is 16.6. The maximum absolute atomic E-state index is 12.6. The zero-order valence-corrected chi connectivity index (χ0v) is 18.2. The van der Waals surface area contributed by atoms with Crippen LogP contribution in [0.1, 0.15) is 27.2 Å². The second kappa shape index (κ2) is 8.28. The summed E-state index contributed by atoms with van der Waals surface area (Å²) in [4.78, 5) is 24.4. The molecule has 29 heavy (non-hydrogen) atoms. The fourth-order valence-electron chi connectivity index (χ4n) is 2.83. The monoisotopic (exact) mass is 447 g/mol. The van der Waals surface area contributed by atoms with Gasteiger partial charge in [-0.1, -0.05) is 0 Å².